The number of nitrogens with zero attached hydrogens (tertiary/aromatic N) is 4. The number of nitrogens with one attached hydrogen (secondary N) is 1. The van der Waals surface area contributed by atoms with Crippen LogP contribution in [0.1, 0.15) is 11.1 Å². The first kappa shape index (κ1) is 24.3. The summed E-state index contributed by atoms with van der Waals surface area (Å²) in [6.07, 6.45) is 0. The van der Waals surface area contributed by atoms with Gasteiger partial charge < -0.3 is 10.1 Å². The van der Waals surface area contributed by atoms with Gasteiger partial charge >= 0.3 is 0 Å². The molecule has 0 saturated carbocycles. The van der Waals surface area contributed by atoms with E-state index in [2.05, 4.69) is 21.2 Å². The second-order valence-corrected chi connectivity index (χ2v) is 10.4. The maximum atomic E-state index is 12.9. The fourth-order valence-electron chi connectivity index (χ4n) is 4.12. The van der Waals surface area contributed by atoms with E-state index < -0.39 is 10.0 Å². The summed E-state index contributed by atoms with van der Waals surface area (Å²) in [4.78, 5) is 17.2. The fraction of sp³-hybridized carbons (Fsp3) is 0.417. The molecule has 2 aromatic rings. The zero-order valence-corrected chi connectivity index (χ0v) is 19.8. The van der Waals surface area contributed by atoms with Crippen LogP contribution in [0.15, 0.2) is 53.4 Å². The number of morpholine rings is 1. The molecule has 2 heterocycles. The summed E-state index contributed by atoms with van der Waals surface area (Å²) in [7, 11) is -3.61. The van der Waals surface area contributed by atoms with Crippen molar-refractivity contribution < 1.29 is 17.9 Å². The molecule has 2 aromatic carbocycles. The van der Waals surface area contributed by atoms with Gasteiger partial charge in [-0.1, -0.05) is 18.2 Å². The van der Waals surface area contributed by atoms with Crippen LogP contribution in [0.3, 0.4) is 0 Å². The highest BCUT2D eigenvalue weighted by atomic mass is 32.2. The highest BCUT2D eigenvalue weighted by molar-refractivity contribution is 7.89. The molecular weight excluding hydrogens is 454 g/mol. The van der Waals surface area contributed by atoms with Crippen LogP contribution in [0.2, 0.25) is 0 Å². The lowest BCUT2D eigenvalue weighted by Gasteiger charge is -2.34. The number of carbonyl (C=O) groups is 1. The molecule has 2 aliphatic heterocycles. The Balaban J connectivity index is 1.26. The van der Waals surface area contributed by atoms with Gasteiger partial charge in [0.05, 0.1) is 36.3 Å². The van der Waals surface area contributed by atoms with Gasteiger partial charge in [-0.3, -0.25) is 14.6 Å². The Labute approximate surface area is 200 Å². The smallest absolute Gasteiger partial charge is 0.243 e. The van der Waals surface area contributed by atoms with Gasteiger partial charge in [0.25, 0.3) is 0 Å². The number of hydrogen-bond acceptors (Lipinski definition) is 7. The van der Waals surface area contributed by atoms with E-state index >= 15 is 0 Å². The minimum absolute atomic E-state index is 0.165. The van der Waals surface area contributed by atoms with E-state index in [0.29, 0.717) is 37.6 Å². The van der Waals surface area contributed by atoms with E-state index in [1.54, 1.807) is 18.2 Å². The van der Waals surface area contributed by atoms with E-state index in [-0.39, 0.29) is 17.3 Å². The number of sulfonamides is 1. The van der Waals surface area contributed by atoms with E-state index in [0.717, 1.165) is 38.3 Å². The van der Waals surface area contributed by atoms with E-state index in [1.807, 2.05) is 24.3 Å². The van der Waals surface area contributed by atoms with Crippen LogP contribution in [0.25, 0.3) is 0 Å². The molecule has 0 radical (unpaired) electrons. The van der Waals surface area contributed by atoms with Crippen LogP contribution in [0.5, 0.6) is 0 Å². The van der Waals surface area contributed by atoms with E-state index in [9.17, 15) is 13.2 Å². The molecule has 2 aliphatic rings. The first-order valence-corrected chi connectivity index (χ1v) is 12.8. The van der Waals surface area contributed by atoms with Crippen molar-refractivity contribution >= 4 is 21.6 Å². The molecule has 0 bridgehead atoms. The minimum atomic E-state index is -3.61. The summed E-state index contributed by atoms with van der Waals surface area (Å²) in [6.45, 7) is 5.74. The Morgan fingerprint density at radius 3 is 2.32 bits per heavy atom. The molecule has 9 nitrogen and oxygen atoms in total. The van der Waals surface area contributed by atoms with Crippen molar-refractivity contribution in [1.82, 2.24) is 14.1 Å². The zero-order valence-electron chi connectivity index (χ0n) is 19.0. The Hall–Kier alpha value is -2.81. The van der Waals surface area contributed by atoms with Gasteiger partial charge in [-0.15, -0.1) is 0 Å². The maximum absolute atomic E-state index is 12.9. The Kier molecular flexibility index (Phi) is 7.92. The lowest BCUT2D eigenvalue weighted by molar-refractivity contribution is -0.117. The van der Waals surface area contributed by atoms with Gasteiger partial charge in [0.15, 0.2) is 0 Å². The fourth-order valence-corrected chi connectivity index (χ4v) is 5.58. The molecule has 0 aromatic heterocycles. The molecule has 0 atom stereocenters. The van der Waals surface area contributed by atoms with Crippen LogP contribution in [-0.4, -0.2) is 87.5 Å². The molecule has 1 amide bonds. The van der Waals surface area contributed by atoms with Crippen molar-refractivity contribution in [3.8, 4) is 6.07 Å². The average Bonchev–Trinajstić information content (AvgIpc) is 2.86. The number of ether oxygens (including phenoxy) is 1. The molecule has 4 rings (SSSR count). The zero-order chi connectivity index (χ0) is 24.0. The van der Waals surface area contributed by atoms with Gasteiger partial charge in [0.2, 0.25) is 15.9 Å². The third-order valence-corrected chi connectivity index (χ3v) is 7.94. The molecule has 0 aliphatic carbocycles. The SMILES string of the molecule is N#Cc1ccc(CN2CCN(CC(=O)Nc3cccc(S(=O)(=O)N4CCOCC4)c3)CC2)cc1. The lowest BCUT2D eigenvalue weighted by Crippen LogP contribution is -2.48. The summed E-state index contributed by atoms with van der Waals surface area (Å²) in [5.74, 6) is -0.165. The van der Waals surface area contributed by atoms with Crippen LogP contribution < -0.4 is 5.32 Å². The third-order valence-electron chi connectivity index (χ3n) is 6.05. The van der Waals surface area contributed by atoms with E-state index in [1.165, 1.54) is 10.4 Å². The van der Waals surface area contributed by atoms with Gasteiger partial charge in [0.1, 0.15) is 0 Å². The summed E-state index contributed by atoms with van der Waals surface area (Å²) in [6, 6.07) is 16.2. The molecule has 0 unspecified atom stereocenters. The van der Waals surface area contributed by atoms with Crippen molar-refractivity contribution in [2.24, 2.45) is 0 Å². The number of hydrogen-bond donors (Lipinski definition) is 1. The van der Waals surface area contributed by atoms with Gasteiger partial charge in [-0.2, -0.15) is 9.57 Å². The molecule has 10 heteroatoms. The molecule has 2 fully saturated rings. The third kappa shape index (κ3) is 6.20. The predicted octanol–water partition coefficient (Wildman–Crippen LogP) is 1.34. The summed E-state index contributed by atoms with van der Waals surface area (Å²) in [5.41, 5.74) is 2.29. The Morgan fingerprint density at radius 1 is 0.971 bits per heavy atom. The molecule has 2 saturated heterocycles. The van der Waals surface area contributed by atoms with Crippen LogP contribution in [0, 0.1) is 11.3 Å². The quantitative estimate of drug-likeness (QED) is 0.633. The van der Waals surface area contributed by atoms with Crippen molar-refractivity contribution in [3.63, 3.8) is 0 Å². The van der Waals surface area contributed by atoms with Gasteiger partial charge in [-0.25, -0.2) is 8.42 Å². The molecule has 1 N–H and O–H groups in total. The minimum Gasteiger partial charge on any atom is -0.379 e. The van der Waals surface area contributed by atoms with Crippen LogP contribution in [0.4, 0.5) is 5.69 Å². The van der Waals surface area contributed by atoms with Crippen molar-refractivity contribution in [2.75, 3.05) is 64.3 Å². The number of nitriles is 1. The largest absolute Gasteiger partial charge is 0.379 e. The monoisotopic (exact) mass is 483 g/mol. The van der Waals surface area contributed by atoms with Crippen molar-refractivity contribution in [2.45, 2.75) is 11.4 Å². The van der Waals surface area contributed by atoms with E-state index in [4.69, 9.17) is 10.00 Å². The maximum Gasteiger partial charge on any atom is 0.243 e. The van der Waals surface area contributed by atoms with Crippen molar-refractivity contribution in [3.05, 3.63) is 59.7 Å². The summed E-state index contributed by atoms with van der Waals surface area (Å²) >= 11 is 0. The first-order valence-electron chi connectivity index (χ1n) is 11.4. The average molecular weight is 484 g/mol. The summed E-state index contributed by atoms with van der Waals surface area (Å²) in [5, 5.41) is 11.8. The number of anilines is 1. The molecule has 0 spiro atoms. The number of amides is 1. The van der Waals surface area contributed by atoms with Crippen LogP contribution in [-0.2, 0) is 26.1 Å². The van der Waals surface area contributed by atoms with Crippen molar-refractivity contribution in [1.29, 1.82) is 5.26 Å². The number of carbonyl (C=O) groups excluding carboxylic acids is 1. The normalized spacial score (nSPS) is 18.3. The number of piperazine rings is 1. The van der Waals surface area contributed by atoms with Crippen LogP contribution >= 0.6 is 0 Å². The Morgan fingerprint density at radius 2 is 1.65 bits per heavy atom. The first-order chi connectivity index (χ1) is 16.4. The second kappa shape index (κ2) is 11.1. The Bertz CT molecular complexity index is 1130. The van der Waals surface area contributed by atoms with Gasteiger partial charge in [0, 0.05) is 51.5 Å². The topological polar surface area (TPSA) is 106 Å². The van der Waals surface area contributed by atoms with Gasteiger partial charge in [-0.05, 0) is 35.9 Å². The predicted molar refractivity (Wildman–Crippen MR) is 128 cm³/mol. The standard InChI is InChI=1S/C24H29N5O4S/c25-17-20-4-6-21(7-5-20)18-27-8-10-28(11-9-27)19-24(30)26-22-2-1-3-23(16-22)34(31,32)29-12-14-33-15-13-29/h1-7,16H,8-15,18-19H2,(H,26,30). The molecule has 180 valence electrons. The molecular formula is C24H29N5O4S. The highest BCUT2D eigenvalue weighted by Crippen LogP contribution is 2.20. The number of benzene rings is 2. The lowest BCUT2D eigenvalue weighted by atomic mass is 10.1. The molecule has 34 heavy (non-hydrogen) atoms. The highest BCUT2D eigenvalue weighted by Gasteiger charge is 2.26. The summed E-state index contributed by atoms with van der Waals surface area (Å²) < 4.78 is 32.4. The second-order valence-electron chi connectivity index (χ2n) is 8.45. The number of rotatable bonds is 7.